The first-order valence-electron chi connectivity index (χ1n) is 14.3. The first-order valence-corrected chi connectivity index (χ1v) is 15.1. The van der Waals surface area contributed by atoms with Crippen LogP contribution in [0.3, 0.4) is 0 Å². The predicted octanol–water partition coefficient (Wildman–Crippen LogP) is 6.67. The van der Waals surface area contributed by atoms with Crippen molar-refractivity contribution in [3.63, 3.8) is 0 Å². The third-order valence-electron chi connectivity index (χ3n) is 6.64. The molecule has 44 heavy (non-hydrogen) atoms. The van der Waals surface area contributed by atoms with Crippen molar-refractivity contribution >= 4 is 34.1 Å². The molecular weight excluding hydrogens is 593 g/mol. The highest BCUT2D eigenvalue weighted by Gasteiger charge is 2.31. The van der Waals surface area contributed by atoms with Gasteiger partial charge in [-0.05, 0) is 73.6 Å². The Morgan fingerprint density at radius 2 is 1.66 bits per heavy atom. The molecule has 2 aromatic carbocycles. The number of alkyl halides is 3. The van der Waals surface area contributed by atoms with Gasteiger partial charge in [-0.25, -0.2) is 0 Å². The Hall–Kier alpha value is -4.39. The molecule has 0 aliphatic rings. The van der Waals surface area contributed by atoms with Gasteiger partial charge in [-0.1, -0.05) is 61.1 Å². The number of amides is 2. The fourth-order valence-electron chi connectivity index (χ4n) is 4.44. The van der Waals surface area contributed by atoms with Crippen LogP contribution in [-0.4, -0.2) is 38.6 Å². The summed E-state index contributed by atoms with van der Waals surface area (Å²) in [6, 6.07) is 16.7. The normalized spacial score (nSPS) is 12.0. The highest BCUT2D eigenvalue weighted by atomic mass is 32.1. The van der Waals surface area contributed by atoms with Gasteiger partial charge in [0.2, 0.25) is 16.9 Å². The SMILES string of the molecule is CCCc1cccc(C(C)C(=O)Nc2nnc(CCCCc3ccc(NC(=O)Cc4cccc(OC(F)(F)F)c4)nn3)s2)c1. The van der Waals surface area contributed by atoms with Crippen molar-refractivity contribution in [3.05, 3.63) is 88.1 Å². The van der Waals surface area contributed by atoms with Crippen molar-refractivity contribution in [1.29, 1.82) is 0 Å². The summed E-state index contributed by atoms with van der Waals surface area (Å²) in [5.74, 6) is -1.02. The number of hydrogen-bond donors (Lipinski definition) is 2. The van der Waals surface area contributed by atoms with E-state index in [4.69, 9.17) is 0 Å². The first kappa shape index (κ1) is 32.5. The molecule has 0 saturated carbocycles. The summed E-state index contributed by atoms with van der Waals surface area (Å²) >= 11 is 1.36. The van der Waals surface area contributed by atoms with Crippen molar-refractivity contribution < 1.29 is 27.5 Å². The van der Waals surface area contributed by atoms with E-state index in [1.165, 1.54) is 35.1 Å². The number of carbonyl (C=O) groups excluding carboxylic acids is 2. The Morgan fingerprint density at radius 3 is 2.41 bits per heavy atom. The monoisotopic (exact) mass is 626 g/mol. The van der Waals surface area contributed by atoms with Gasteiger partial charge in [0.25, 0.3) is 0 Å². The van der Waals surface area contributed by atoms with Gasteiger partial charge >= 0.3 is 6.36 Å². The Morgan fingerprint density at radius 1 is 0.886 bits per heavy atom. The Bertz CT molecular complexity index is 1550. The van der Waals surface area contributed by atoms with Crippen LogP contribution in [0.4, 0.5) is 24.1 Å². The number of halogens is 3. The minimum atomic E-state index is -4.81. The fraction of sp³-hybridized carbons (Fsp3) is 0.355. The fourth-order valence-corrected chi connectivity index (χ4v) is 5.23. The number of aryl methyl sites for hydroxylation is 3. The molecule has 2 aromatic heterocycles. The van der Waals surface area contributed by atoms with E-state index >= 15 is 0 Å². The maximum atomic E-state index is 12.8. The number of rotatable bonds is 14. The molecule has 1 atom stereocenters. The molecule has 2 heterocycles. The van der Waals surface area contributed by atoms with Crippen LogP contribution in [0, 0.1) is 0 Å². The van der Waals surface area contributed by atoms with E-state index < -0.39 is 12.3 Å². The minimum Gasteiger partial charge on any atom is -0.406 e. The second-order valence-corrected chi connectivity index (χ2v) is 11.3. The molecule has 0 saturated heterocycles. The molecule has 1 unspecified atom stereocenters. The van der Waals surface area contributed by atoms with Gasteiger partial charge in [-0.3, -0.25) is 9.59 Å². The summed E-state index contributed by atoms with van der Waals surface area (Å²) in [5.41, 5.74) is 3.31. The summed E-state index contributed by atoms with van der Waals surface area (Å²) in [4.78, 5) is 25.1. The van der Waals surface area contributed by atoms with E-state index in [1.54, 1.807) is 12.1 Å². The van der Waals surface area contributed by atoms with E-state index in [-0.39, 0.29) is 29.8 Å². The van der Waals surface area contributed by atoms with Crippen molar-refractivity contribution in [2.75, 3.05) is 10.6 Å². The molecule has 13 heteroatoms. The highest BCUT2D eigenvalue weighted by Crippen LogP contribution is 2.24. The van der Waals surface area contributed by atoms with Crippen LogP contribution >= 0.6 is 11.3 Å². The second kappa shape index (κ2) is 15.4. The van der Waals surface area contributed by atoms with E-state index in [9.17, 15) is 22.8 Å². The number of anilines is 2. The number of carbonyl (C=O) groups is 2. The number of nitrogens with zero attached hydrogens (tertiary/aromatic N) is 4. The van der Waals surface area contributed by atoms with E-state index in [0.717, 1.165) is 48.0 Å². The average Bonchev–Trinajstić information content (AvgIpc) is 3.42. The maximum absolute atomic E-state index is 12.8. The van der Waals surface area contributed by atoms with Gasteiger partial charge in [0.1, 0.15) is 10.8 Å². The molecule has 4 aromatic rings. The van der Waals surface area contributed by atoms with E-state index in [2.05, 4.69) is 54.8 Å². The van der Waals surface area contributed by atoms with E-state index in [0.29, 0.717) is 23.5 Å². The minimum absolute atomic E-state index is 0.121. The topological polar surface area (TPSA) is 119 Å². The van der Waals surface area contributed by atoms with Crippen LogP contribution in [-0.2, 0) is 35.3 Å². The number of aromatic nitrogens is 4. The number of hydrogen-bond acceptors (Lipinski definition) is 8. The van der Waals surface area contributed by atoms with Crippen LogP contribution in [0.25, 0.3) is 0 Å². The average molecular weight is 627 g/mol. The zero-order valence-electron chi connectivity index (χ0n) is 24.4. The van der Waals surface area contributed by atoms with Crippen LogP contribution in [0.5, 0.6) is 5.75 Å². The van der Waals surface area contributed by atoms with Gasteiger partial charge in [-0.15, -0.1) is 28.5 Å². The van der Waals surface area contributed by atoms with Crippen molar-refractivity contribution in [2.45, 2.75) is 71.1 Å². The van der Waals surface area contributed by atoms with Gasteiger partial charge in [0.15, 0.2) is 5.82 Å². The third kappa shape index (κ3) is 10.4. The van der Waals surface area contributed by atoms with Crippen LogP contribution in [0.1, 0.15) is 66.4 Å². The zero-order valence-corrected chi connectivity index (χ0v) is 25.2. The lowest BCUT2D eigenvalue weighted by molar-refractivity contribution is -0.274. The number of ether oxygens (including phenoxy) is 1. The largest absolute Gasteiger partial charge is 0.573 e. The zero-order chi connectivity index (χ0) is 31.5. The van der Waals surface area contributed by atoms with Crippen LogP contribution < -0.4 is 15.4 Å². The lowest BCUT2D eigenvalue weighted by Gasteiger charge is -2.12. The van der Waals surface area contributed by atoms with Gasteiger partial charge in [0.05, 0.1) is 18.0 Å². The molecule has 0 aliphatic heterocycles. The van der Waals surface area contributed by atoms with Gasteiger partial charge < -0.3 is 15.4 Å². The smallest absolute Gasteiger partial charge is 0.406 e. The van der Waals surface area contributed by atoms with Crippen molar-refractivity contribution in [1.82, 2.24) is 20.4 Å². The maximum Gasteiger partial charge on any atom is 0.573 e. The molecule has 0 fully saturated rings. The summed E-state index contributed by atoms with van der Waals surface area (Å²) in [6.45, 7) is 4.01. The van der Waals surface area contributed by atoms with Crippen LogP contribution in [0.2, 0.25) is 0 Å². The van der Waals surface area contributed by atoms with Crippen molar-refractivity contribution in [2.24, 2.45) is 0 Å². The molecule has 0 aliphatic carbocycles. The first-order chi connectivity index (χ1) is 21.1. The molecular formula is C31H33F3N6O3S. The summed E-state index contributed by atoms with van der Waals surface area (Å²) in [6.07, 6.45) is 0.104. The van der Waals surface area contributed by atoms with E-state index in [1.807, 2.05) is 19.1 Å². The summed E-state index contributed by atoms with van der Waals surface area (Å²) in [5, 5.41) is 23.3. The Labute approximate surface area is 257 Å². The van der Waals surface area contributed by atoms with Crippen LogP contribution in [0.15, 0.2) is 60.7 Å². The lowest BCUT2D eigenvalue weighted by atomic mass is 9.97. The number of nitrogens with one attached hydrogen (secondary N) is 2. The molecule has 0 radical (unpaired) electrons. The molecule has 0 spiro atoms. The third-order valence-corrected chi connectivity index (χ3v) is 7.54. The quantitative estimate of drug-likeness (QED) is 0.150. The highest BCUT2D eigenvalue weighted by molar-refractivity contribution is 7.15. The molecule has 9 nitrogen and oxygen atoms in total. The van der Waals surface area contributed by atoms with Gasteiger partial charge in [-0.2, -0.15) is 5.10 Å². The summed E-state index contributed by atoms with van der Waals surface area (Å²) in [7, 11) is 0. The molecule has 2 amide bonds. The molecule has 0 bridgehead atoms. The standard InChI is InChI=1S/C31H33F3N6O3S/c1-3-8-21-9-6-11-23(17-21)20(2)29(42)36-30-40-39-28(44-30)14-5-4-12-24-15-16-26(38-37-24)35-27(41)19-22-10-7-13-25(18-22)43-31(32,33)34/h6-7,9-11,13,15-18,20H,3-5,8,12,14,19H2,1-2H3,(H,35,38,41)(H,36,40,42). The molecule has 2 N–H and O–H groups in total. The van der Waals surface area contributed by atoms with Gasteiger partial charge in [0, 0.05) is 6.42 Å². The lowest BCUT2D eigenvalue weighted by Crippen LogP contribution is -2.18. The molecule has 4 rings (SSSR count). The Balaban J connectivity index is 1.17. The molecule has 232 valence electrons. The second-order valence-electron chi connectivity index (χ2n) is 10.2. The number of unbranched alkanes of at least 4 members (excludes halogenated alkanes) is 1. The Kier molecular flexibility index (Phi) is 11.4. The summed E-state index contributed by atoms with van der Waals surface area (Å²) < 4.78 is 41.2. The number of benzene rings is 2. The van der Waals surface area contributed by atoms with Crippen molar-refractivity contribution in [3.8, 4) is 5.75 Å². The predicted molar refractivity (Wildman–Crippen MR) is 162 cm³/mol.